The van der Waals surface area contributed by atoms with Crippen molar-refractivity contribution >= 4 is 22.7 Å². The normalized spacial score (nSPS) is 15.0. The Morgan fingerprint density at radius 2 is 2.00 bits per heavy atom. The SMILES string of the molecule is CCSc1cc(C2CC2)cnc1-n1cc2cnc(C(F)(F)F)cc2n1. The van der Waals surface area contributed by atoms with Gasteiger partial charge in [0.25, 0.3) is 0 Å². The predicted molar refractivity (Wildman–Crippen MR) is 90.0 cm³/mol. The number of halogens is 3. The van der Waals surface area contributed by atoms with Crippen LogP contribution < -0.4 is 0 Å². The van der Waals surface area contributed by atoms with E-state index in [1.165, 1.54) is 24.6 Å². The summed E-state index contributed by atoms with van der Waals surface area (Å²) in [6, 6.07) is 3.09. The maximum absolute atomic E-state index is 12.8. The Labute approximate surface area is 146 Å². The van der Waals surface area contributed by atoms with E-state index in [1.54, 1.807) is 22.6 Å². The second kappa shape index (κ2) is 6.01. The maximum atomic E-state index is 12.8. The first kappa shape index (κ1) is 16.4. The molecule has 0 amide bonds. The van der Waals surface area contributed by atoms with Gasteiger partial charge in [0, 0.05) is 24.0 Å². The van der Waals surface area contributed by atoms with Gasteiger partial charge in [0.1, 0.15) is 5.69 Å². The molecular weight excluding hydrogens is 349 g/mol. The highest BCUT2D eigenvalue weighted by molar-refractivity contribution is 7.99. The molecule has 0 aromatic carbocycles. The van der Waals surface area contributed by atoms with Crippen LogP contribution in [0.15, 0.2) is 35.6 Å². The van der Waals surface area contributed by atoms with Crippen LogP contribution in [-0.2, 0) is 6.18 Å². The molecule has 3 aromatic heterocycles. The lowest BCUT2D eigenvalue weighted by atomic mass is 10.2. The largest absolute Gasteiger partial charge is 0.433 e. The third-order valence-electron chi connectivity index (χ3n) is 4.10. The standard InChI is InChI=1S/C17H15F3N4S/c1-2-25-14-5-11(10-3-4-10)7-22-16(14)24-9-12-8-21-15(17(18,19)20)6-13(12)23-24/h5-10H,2-4H2,1H3. The fourth-order valence-electron chi connectivity index (χ4n) is 2.71. The molecule has 1 aliphatic rings. The summed E-state index contributed by atoms with van der Waals surface area (Å²) in [5.74, 6) is 2.11. The van der Waals surface area contributed by atoms with E-state index in [2.05, 4.69) is 28.1 Å². The zero-order valence-corrected chi connectivity index (χ0v) is 14.2. The molecule has 0 saturated heterocycles. The van der Waals surface area contributed by atoms with Crippen LogP contribution in [-0.4, -0.2) is 25.5 Å². The summed E-state index contributed by atoms with van der Waals surface area (Å²) in [6.07, 6.45) is 2.61. The fraction of sp³-hybridized carbons (Fsp3) is 0.353. The number of nitrogens with zero attached hydrogens (tertiary/aromatic N) is 4. The van der Waals surface area contributed by atoms with Crippen molar-refractivity contribution in [2.75, 3.05) is 5.75 Å². The lowest BCUT2D eigenvalue weighted by Gasteiger charge is -2.09. The Hall–Kier alpha value is -2.09. The fourth-order valence-corrected chi connectivity index (χ4v) is 3.51. The summed E-state index contributed by atoms with van der Waals surface area (Å²) in [4.78, 5) is 9.01. The molecule has 0 spiro atoms. The van der Waals surface area contributed by atoms with E-state index in [9.17, 15) is 13.2 Å². The van der Waals surface area contributed by atoms with E-state index < -0.39 is 11.9 Å². The van der Waals surface area contributed by atoms with Crippen molar-refractivity contribution in [3.8, 4) is 5.82 Å². The zero-order valence-electron chi connectivity index (χ0n) is 13.4. The minimum Gasteiger partial charge on any atom is -0.251 e. The van der Waals surface area contributed by atoms with Gasteiger partial charge >= 0.3 is 6.18 Å². The number of thioether (sulfide) groups is 1. The molecule has 1 saturated carbocycles. The van der Waals surface area contributed by atoms with Crippen molar-refractivity contribution in [1.82, 2.24) is 19.7 Å². The second-order valence-corrected chi connectivity index (χ2v) is 7.30. The number of rotatable bonds is 4. The molecule has 4 nitrogen and oxygen atoms in total. The van der Waals surface area contributed by atoms with E-state index in [0.717, 1.165) is 16.7 Å². The molecule has 0 unspecified atom stereocenters. The van der Waals surface area contributed by atoms with Crippen LogP contribution in [0, 0.1) is 0 Å². The lowest BCUT2D eigenvalue weighted by Crippen LogP contribution is -2.07. The molecule has 0 radical (unpaired) electrons. The minimum absolute atomic E-state index is 0.253. The highest BCUT2D eigenvalue weighted by Gasteiger charge is 2.33. The van der Waals surface area contributed by atoms with E-state index >= 15 is 0 Å². The van der Waals surface area contributed by atoms with Crippen LogP contribution in [0.4, 0.5) is 13.2 Å². The first-order valence-corrected chi connectivity index (χ1v) is 9.00. The van der Waals surface area contributed by atoms with Gasteiger partial charge in [-0.15, -0.1) is 11.8 Å². The van der Waals surface area contributed by atoms with Crippen LogP contribution >= 0.6 is 11.8 Å². The van der Waals surface area contributed by atoms with Crippen molar-refractivity contribution in [1.29, 1.82) is 0 Å². The molecule has 0 bridgehead atoms. The first-order chi connectivity index (χ1) is 12.0. The van der Waals surface area contributed by atoms with Crippen LogP contribution in [0.5, 0.6) is 0 Å². The van der Waals surface area contributed by atoms with E-state index in [-0.39, 0.29) is 5.52 Å². The molecule has 25 heavy (non-hydrogen) atoms. The smallest absolute Gasteiger partial charge is 0.251 e. The Morgan fingerprint density at radius 3 is 2.68 bits per heavy atom. The summed E-state index contributed by atoms with van der Waals surface area (Å²) in [5, 5.41) is 4.84. The monoisotopic (exact) mass is 364 g/mol. The van der Waals surface area contributed by atoms with Crippen LogP contribution in [0.1, 0.15) is 36.9 Å². The molecule has 0 N–H and O–H groups in total. The summed E-state index contributed by atoms with van der Waals surface area (Å²) in [5.41, 5.74) is 0.533. The predicted octanol–water partition coefficient (Wildman–Crippen LogP) is 4.82. The Bertz CT molecular complexity index is 931. The summed E-state index contributed by atoms with van der Waals surface area (Å²) in [6.45, 7) is 2.05. The molecule has 1 fully saturated rings. The maximum Gasteiger partial charge on any atom is 0.433 e. The summed E-state index contributed by atoms with van der Waals surface area (Å²) in [7, 11) is 0. The van der Waals surface area contributed by atoms with Gasteiger partial charge in [-0.2, -0.15) is 18.3 Å². The van der Waals surface area contributed by atoms with E-state index in [4.69, 9.17) is 0 Å². The Balaban J connectivity index is 1.78. The summed E-state index contributed by atoms with van der Waals surface area (Å²) >= 11 is 1.65. The van der Waals surface area contributed by atoms with Gasteiger partial charge in [-0.3, -0.25) is 4.98 Å². The van der Waals surface area contributed by atoms with Gasteiger partial charge in [0.2, 0.25) is 0 Å². The lowest BCUT2D eigenvalue weighted by molar-refractivity contribution is -0.141. The quantitative estimate of drug-likeness (QED) is 0.623. The average molecular weight is 364 g/mol. The number of pyridine rings is 2. The molecule has 4 rings (SSSR count). The average Bonchev–Trinajstić information content (AvgIpc) is 3.33. The number of aromatic nitrogens is 4. The van der Waals surface area contributed by atoms with Crippen molar-refractivity contribution in [2.24, 2.45) is 0 Å². The third-order valence-corrected chi connectivity index (χ3v) is 5.00. The molecule has 0 atom stereocenters. The molecule has 3 heterocycles. The number of alkyl halides is 3. The first-order valence-electron chi connectivity index (χ1n) is 8.01. The number of fused-ring (bicyclic) bond motifs is 1. The van der Waals surface area contributed by atoms with E-state index in [1.807, 2.05) is 6.20 Å². The second-order valence-electron chi connectivity index (χ2n) is 6.00. The Morgan fingerprint density at radius 1 is 1.20 bits per heavy atom. The topological polar surface area (TPSA) is 43.6 Å². The van der Waals surface area contributed by atoms with Crippen LogP contribution in [0.3, 0.4) is 0 Å². The molecule has 8 heteroatoms. The van der Waals surface area contributed by atoms with Crippen molar-refractivity contribution in [2.45, 2.75) is 36.8 Å². The molecule has 1 aliphatic carbocycles. The summed E-state index contributed by atoms with van der Waals surface area (Å²) < 4.78 is 40.0. The van der Waals surface area contributed by atoms with Crippen LogP contribution in [0.2, 0.25) is 0 Å². The van der Waals surface area contributed by atoms with Crippen LogP contribution in [0.25, 0.3) is 16.7 Å². The van der Waals surface area contributed by atoms with Gasteiger partial charge in [-0.1, -0.05) is 6.92 Å². The third kappa shape index (κ3) is 3.22. The Kier molecular flexibility index (Phi) is 3.94. The van der Waals surface area contributed by atoms with Crippen molar-refractivity contribution in [3.63, 3.8) is 0 Å². The van der Waals surface area contributed by atoms with Gasteiger partial charge in [-0.25, -0.2) is 9.67 Å². The van der Waals surface area contributed by atoms with Crippen molar-refractivity contribution in [3.05, 3.63) is 42.0 Å². The number of hydrogen-bond acceptors (Lipinski definition) is 4. The van der Waals surface area contributed by atoms with Gasteiger partial charge in [0.05, 0.1) is 10.4 Å². The highest BCUT2D eigenvalue weighted by atomic mass is 32.2. The van der Waals surface area contributed by atoms with E-state index in [0.29, 0.717) is 17.1 Å². The highest BCUT2D eigenvalue weighted by Crippen LogP contribution is 2.41. The number of hydrogen-bond donors (Lipinski definition) is 0. The minimum atomic E-state index is -4.48. The van der Waals surface area contributed by atoms with Gasteiger partial charge < -0.3 is 0 Å². The zero-order chi connectivity index (χ0) is 17.6. The molecule has 130 valence electrons. The van der Waals surface area contributed by atoms with Crippen molar-refractivity contribution < 1.29 is 13.2 Å². The van der Waals surface area contributed by atoms with Gasteiger partial charge in [-0.05, 0) is 42.2 Å². The molecular formula is C17H15F3N4S. The molecule has 3 aromatic rings. The molecule has 0 aliphatic heterocycles. The van der Waals surface area contributed by atoms with Gasteiger partial charge in [0.15, 0.2) is 5.82 Å².